The van der Waals surface area contributed by atoms with Gasteiger partial charge in [0.2, 0.25) is 0 Å². The van der Waals surface area contributed by atoms with E-state index in [0.717, 1.165) is 17.7 Å². The molecule has 146 valence electrons. The number of fused-ring (bicyclic) bond motifs is 1. The molecule has 0 saturated carbocycles. The van der Waals surface area contributed by atoms with Gasteiger partial charge in [0.15, 0.2) is 6.10 Å². The molecule has 0 aliphatic carbocycles. The van der Waals surface area contributed by atoms with Crippen LogP contribution in [-0.2, 0) is 20.7 Å². The van der Waals surface area contributed by atoms with Crippen molar-refractivity contribution in [3.8, 4) is 0 Å². The van der Waals surface area contributed by atoms with Crippen LogP contribution in [-0.4, -0.2) is 37.0 Å². The number of carbonyl (C=O) groups excluding carboxylic acids is 3. The molecule has 1 atom stereocenters. The zero-order valence-electron chi connectivity index (χ0n) is 15.1. The van der Waals surface area contributed by atoms with E-state index in [0.29, 0.717) is 11.6 Å². The Morgan fingerprint density at radius 2 is 1.89 bits per heavy atom. The van der Waals surface area contributed by atoms with E-state index < -0.39 is 18.0 Å². The first kappa shape index (κ1) is 20.2. The van der Waals surface area contributed by atoms with E-state index in [2.05, 4.69) is 5.32 Å². The number of hydrogen-bond donors (Lipinski definition) is 1. The number of halogens is 2. The van der Waals surface area contributed by atoms with Crippen molar-refractivity contribution in [2.75, 3.05) is 18.0 Å². The first-order valence-corrected chi connectivity index (χ1v) is 9.44. The Hall–Kier alpha value is -2.57. The average Bonchev–Trinajstić information content (AvgIpc) is 3.11. The van der Waals surface area contributed by atoms with Crippen LogP contribution in [0, 0.1) is 0 Å². The Balaban J connectivity index is 1.52. The quantitative estimate of drug-likeness (QED) is 0.753. The summed E-state index contributed by atoms with van der Waals surface area (Å²) in [5, 5.41) is 3.00. The second-order valence-electron chi connectivity index (χ2n) is 6.31. The summed E-state index contributed by atoms with van der Waals surface area (Å²) in [6, 6.07) is 12.0. The topological polar surface area (TPSA) is 75.7 Å². The highest BCUT2D eigenvalue weighted by molar-refractivity contribution is 6.42. The van der Waals surface area contributed by atoms with Gasteiger partial charge in [-0.15, -0.1) is 0 Å². The highest BCUT2D eigenvalue weighted by Crippen LogP contribution is 2.28. The molecule has 1 aliphatic rings. The fourth-order valence-electron chi connectivity index (χ4n) is 2.97. The van der Waals surface area contributed by atoms with Crippen LogP contribution in [0.2, 0.25) is 10.0 Å². The van der Waals surface area contributed by atoms with Gasteiger partial charge in [-0.2, -0.15) is 0 Å². The van der Waals surface area contributed by atoms with Gasteiger partial charge in [0.25, 0.3) is 11.8 Å². The maximum Gasteiger partial charge on any atom is 0.326 e. The van der Waals surface area contributed by atoms with Gasteiger partial charge in [0.1, 0.15) is 6.54 Å². The molecule has 1 unspecified atom stereocenters. The number of anilines is 1. The summed E-state index contributed by atoms with van der Waals surface area (Å²) in [6.45, 7) is 1.70. The molecule has 0 fully saturated rings. The van der Waals surface area contributed by atoms with Gasteiger partial charge >= 0.3 is 5.97 Å². The third-order valence-electron chi connectivity index (χ3n) is 4.38. The summed E-state index contributed by atoms with van der Waals surface area (Å²) in [5.41, 5.74) is 2.19. The molecule has 1 aliphatic heterocycles. The molecule has 2 aromatic carbocycles. The lowest BCUT2D eigenvalue weighted by Gasteiger charge is -2.21. The van der Waals surface area contributed by atoms with E-state index in [4.69, 9.17) is 27.9 Å². The summed E-state index contributed by atoms with van der Waals surface area (Å²) in [4.78, 5) is 38.3. The van der Waals surface area contributed by atoms with Gasteiger partial charge in [-0.3, -0.25) is 14.4 Å². The number of ether oxygens (including phenoxy) is 1. The molecular formula is C20H18Cl2N2O4. The zero-order valence-corrected chi connectivity index (χ0v) is 16.6. The third kappa shape index (κ3) is 4.46. The third-order valence-corrected chi connectivity index (χ3v) is 5.12. The van der Waals surface area contributed by atoms with Crippen LogP contribution in [0.25, 0.3) is 0 Å². The Morgan fingerprint density at radius 1 is 1.14 bits per heavy atom. The summed E-state index contributed by atoms with van der Waals surface area (Å²) in [7, 11) is 0. The van der Waals surface area contributed by atoms with Gasteiger partial charge in [0.05, 0.1) is 10.0 Å². The van der Waals surface area contributed by atoms with Crippen molar-refractivity contribution in [2.45, 2.75) is 19.4 Å². The van der Waals surface area contributed by atoms with Crippen molar-refractivity contribution in [1.29, 1.82) is 0 Å². The van der Waals surface area contributed by atoms with Gasteiger partial charge < -0.3 is 15.0 Å². The van der Waals surface area contributed by atoms with E-state index >= 15 is 0 Å². The Kier molecular flexibility index (Phi) is 6.21. The molecular weight excluding hydrogens is 403 g/mol. The van der Waals surface area contributed by atoms with E-state index in [9.17, 15) is 14.4 Å². The number of amides is 2. The minimum Gasteiger partial charge on any atom is -0.451 e. The Bertz CT molecular complexity index is 932. The van der Waals surface area contributed by atoms with E-state index in [-0.39, 0.29) is 23.0 Å². The molecule has 3 rings (SSSR count). The van der Waals surface area contributed by atoms with Crippen molar-refractivity contribution in [2.24, 2.45) is 0 Å². The highest BCUT2D eigenvalue weighted by atomic mass is 35.5. The van der Waals surface area contributed by atoms with Crippen LogP contribution in [0.3, 0.4) is 0 Å². The molecule has 1 N–H and O–H groups in total. The molecule has 0 aromatic heterocycles. The van der Waals surface area contributed by atoms with Gasteiger partial charge in [-0.1, -0.05) is 41.4 Å². The van der Waals surface area contributed by atoms with Crippen molar-refractivity contribution in [1.82, 2.24) is 5.32 Å². The largest absolute Gasteiger partial charge is 0.451 e. The fourth-order valence-corrected chi connectivity index (χ4v) is 3.27. The number of benzene rings is 2. The maximum atomic E-state index is 12.6. The lowest BCUT2D eigenvalue weighted by Crippen LogP contribution is -2.41. The number of esters is 1. The highest BCUT2D eigenvalue weighted by Gasteiger charge is 2.29. The SMILES string of the molecule is CC(OC(=O)CNC(=O)c1ccc(Cl)c(Cl)c1)C(=O)N1CCc2ccccc21. The second kappa shape index (κ2) is 8.63. The van der Waals surface area contributed by atoms with Crippen molar-refractivity contribution < 1.29 is 19.1 Å². The lowest BCUT2D eigenvalue weighted by atomic mass is 10.2. The van der Waals surface area contributed by atoms with Gasteiger partial charge in [-0.05, 0) is 43.2 Å². The number of para-hydroxylation sites is 1. The molecule has 6 nitrogen and oxygen atoms in total. The van der Waals surface area contributed by atoms with E-state index in [1.165, 1.54) is 25.1 Å². The maximum absolute atomic E-state index is 12.6. The molecule has 0 spiro atoms. The molecule has 2 amide bonds. The zero-order chi connectivity index (χ0) is 20.3. The van der Waals surface area contributed by atoms with Crippen LogP contribution in [0.15, 0.2) is 42.5 Å². The van der Waals surface area contributed by atoms with Crippen LogP contribution < -0.4 is 10.2 Å². The van der Waals surface area contributed by atoms with Crippen LogP contribution >= 0.6 is 23.2 Å². The number of nitrogens with one attached hydrogen (secondary N) is 1. The number of nitrogens with zero attached hydrogens (tertiary/aromatic N) is 1. The minimum absolute atomic E-state index is 0.238. The normalized spacial score (nSPS) is 13.6. The lowest BCUT2D eigenvalue weighted by molar-refractivity contribution is -0.152. The van der Waals surface area contributed by atoms with Crippen molar-refractivity contribution >= 4 is 46.7 Å². The molecule has 1 heterocycles. The standard InChI is InChI=1S/C20H18Cl2N2O4/c1-12(20(27)24-9-8-13-4-2-3-5-17(13)24)28-18(25)11-23-19(26)14-6-7-15(21)16(22)10-14/h2-7,10,12H,8-9,11H2,1H3,(H,23,26). The predicted molar refractivity (Wildman–Crippen MR) is 107 cm³/mol. The van der Waals surface area contributed by atoms with Gasteiger partial charge in [-0.25, -0.2) is 0 Å². The molecule has 0 bridgehead atoms. The molecule has 0 radical (unpaired) electrons. The number of carbonyl (C=O) groups is 3. The molecule has 8 heteroatoms. The number of rotatable bonds is 5. The smallest absolute Gasteiger partial charge is 0.326 e. The predicted octanol–water partition coefficient (Wildman–Crippen LogP) is 3.24. The van der Waals surface area contributed by atoms with Crippen LogP contribution in [0.1, 0.15) is 22.8 Å². The fraction of sp³-hybridized carbons (Fsp3) is 0.250. The van der Waals surface area contributed by atoms with Crippen molar-refractivity contribution in [3.63, 3.8) is 0 Å². The summed E-state index contributed by atoms with van der Waals surface area (Å²) >= 11 is 11.7. The number of hydrogen-bond acceptors (Lipinski definition) is 4. The van der Waals surface area contributed by atoms with Crippen LogP contribution in [0.4, 0.5) is 5.69 Å². The van der Waals surface area contributed by atoms with E-state index in [1.807, 2.05) is 24.3 Å². The van der Waals surface area contributed by atoms with Crippen LogP contribution in [0.5, 0.6) is 0 Å². The molecule has 0 saturated heterocycles. The first-order valence-electron chi connectivity index (χ1n) is 8.69. The Morgan fingerprint density at radius 3 is 2.64 bits per heavy atom. The van der Waals surface area contributed by atoms with Crippen molar-refractivity contribution in [3.05, 3.63) is 63.6 Å². The monoisotopic (exact) mass is 420 g/mol. The summed E-state index contributed by atoms with van der Waals surface area (Å²) in [6.07, 6.45) is -0.192. The second-order valence-corrected chi connectivity index (χ2v) is 7.13. The van der Waals surface area contributed by atoms with Gasteiger partial charge in [0, 0.05) is 17.8 Å². The molecule has 28 heavy (non-hydrogen) atoms. The average molecular weight is 421 g/mol. The summed E-state index contributed by atoms with van der Waals surface area (Å²) < 4.78 is 5.18. The Labute approximate surface area is 172 Å². The van der Waals surface area contributed by atoms with E-state index in [1.54, 1.807) is 4.90 Å². The molecule has 2 aromatic rings. The first-order chi connectivity index (χ1) is 13.4. The minimum atomic E-state index is -0.958. The summed E-state index contributed by atoms with van der Waals surface area (Å²) in [5.74, 6) is -1.50.